The van der Waals surface area contributed by atoms with E-state index in [4.69, 9.17) is 0 Å². The lowest BCUT2D eigenvalue weighted by Crippen LogP contribution is -2.16. The van der Waals surface area contributed by atoms with Crippen molar-refractivity contribution >= 4 is 11.8 Å². The molecule has 5 nitrogen and oxygen atoms in total. The van der Waals surface area contributed by atoms with Gasteiger partial charge in [-0.1, -0.05) is 12.1 Å². The van der Waals surface area contributed by atoms with Gasteiger partial charge in [0.05, 0.1) is 0 Å². The third kappa shape index (κ3) is 3.06. The molecule has 21 heavy (non-hydrogen) atoms. The predicted molar refractivity (Wildman–Crippen MR) is 81.5 cm³/mol. The third-order valence-corrected chi connectivity index (χ3v) is 4.87. The second-order valence-corrected chi connectivity index (χ2v) is 6.85. The molecule has 0 unspecified atom stereocenters. The second kappa shape index (κ2) is 5.35. The zero-order chi connectivity index (χ0) is 14.2. The van der Waals surface area contributed by atoms with Crippen molar-refractivity contribution in [3.63, 3.8) is 0 Å². The fourth-order valence-corrected chi connectivity index (χ4v) is 3.25. The average molecular weight is 302 g/mol. The van der Waals surface area contributed by atoms with E-state index in [1.807, 2.05) is 0 Å². The minimum atomic E-state index is -0.0924. The van der Waals surface area contributed by atoms with Gasteiger partial charge in [0.1, 0.15) is 0 Å². The van der Waals surface area contributed by atoms with Crippen LogP contribution in [0.25, 0.3) is 0 Å². The number of hydrogen-bond donors (Lipinski definition) is 2. The van der Waals surface area contributed by atoms with E-state index in [0.29, 0.717) is 6.04 Å². The van der Waals surface area contributed by atoms with E-state index in [-0.39, 0.29) is 5.69 Å². The van der Waals surface area contributed by atoms with Crippen LogP contribution >= 0.6 is 11.8 Å². The maximum atomic E-state index is 11.7. The summed E-state index contributed by atoms with van der Waals surface area (Å²) in [5, 5.41) is 11.0. The molecule has 2 aromatic rings. The predicted octanol–water partition coefficient (Wildman–Crippen LogP) is 2.31. The highest BCUT2D eigenvalue weighted by Gasteiger charge is 2.28. The monoisotopic (exact) mass is 302 g/mol. The Morgan fingerprint density at radius 1 is 1.24 bits per heavy atom. The first kappa shape index (κ1) is 13.2. The molecule has 6 heteroatoms. The molecule has 2 saturated carbocycles. The highest BCUT2D eigenvalue weighted by Crippen LogP contribution is 2.37. The lowest BCUT2D eigenvalue weighted by molar-refractivity contribution is 0.642. The largest absolute Gasteiger partial charge is 0.344 e. The minimum Gasteiger partial charge on any atom is -0.310 e. The minimum absolute atomic E-state index is 0.0924. The first-order valence-electron chi connectivity index (χ1n) is 7.47. The van der Waals surface area contributed by atoms with Gasteiger partial charge in [-0.05, 0) is 55.1 Å². The van der Waals surface area contributed by atoms with Crippen LogP contribution in [0.4, 0.5) is 0 Å². The van der Waals surface area contributed by atoms with Gasteiger partial charge in [0.15, 0.2) is 5.16 Å². The summed E-state index contributed by atoms with van der Waals surface area (Å²) < 4.78 is 1.78. The molecule has 1 heterocycles. The SMILES string of the molecule is O=c1[nH]nc(Sc2ccc(CNC3CC3)cc2)n1C1CC1. The Kier molecular flexibility index (Phi) is 3.35. The van der Waals surface area contributed by atoms with Crippen molar-refractivity contribution in [2.75, 3.05) is 0 Å². The Bertz CT molecular complexity index is 682. The van der Waals surface area contributed by atoms with E-state index in [0.717, 1.165) is 35.5 Å². The molecule has 0 radical (unpaired) electrons. The van der Waals surface area contributed by atoms with E-state index < -0.39 is 0 Å². The summed E-state index contributed by atoms with van der Waals surface area (Å²) in [6.45, 7) is 0.935. The molecule has 2 N–H and O–H groups in total. The Hall–Kier alpha value is -1.53. The molecule has 0 aliphatic heterocycles. The fourth-order valence-electron chi connectivity index (χ4n) is 2.35. The summed E-state index contributed by atoms with van der Waals surface area (Å²) in [5.74, 6) is 0. The van der Waals surface area contributed by atoms with E-state index in [2.05, 4.69) is 39.8 Å². The second-order valence-electron chi connectivity index (χ2n) is 5.81. The van der Waals surface area contributed by atoms with Crippen molar-refractivity contribution in [2.24, 2.45) is 0 Å². The third-order valence-electron chi connectivity index (χ3n) is 3.89. The molecular formula is C15H18N4OS. The zero-order valence-electron chi connectivity index (χ0n) is 11.7. The first-order chi connectivity index (χ1) is 10.3. The van der Waals surface area contributed by atoms with Gasteiger partial charge in [0.2, 0.25) is 0 Å². The molecule has 0 saturated heterocycles. The quantitative estimate of drug-likeness (QED) is 0.859. The first-order valence-corrected chi connectivity index (χ1v) is 8.28. The molecule has 0 bridgehead atoms. The Morgan fingerprint density at radius 2 is 2.00 bits per heavy atom. The fraction of sp³-hybridized carbons (Fsp3) is 0.467. The van der Waals surface area contributed by atoms with Crippen molar-refractivity contribution in [3.8, 4) is 0 Å². The molecular weight excluding hydrogens is 284 g/mol. The topological polar surface area (TPSA) is 62.7 Å². The zero-order valence-corrected chi connectivity index (χ0v) is 12.5. The molecule has 2 aliphatic rings. The van der Waals surface area contributed by atoms with Crippen LogP contribution < -0.4 is 11.0 Å². The van der Waals surface area contributed by atoms with Gasteiger partial charge >= 0.3 is 5.69 Å². The Labute approximate surface area is 127 Å². The standard InChI is InChI=1S/C15H18N4OS/c20-14-17-18-15(19(14)12-5-6-12)21-13-7-1-10(2-8-13)9-16-11-3-4-11/h1-2,7-8,11-12,16H,3-6,9H2,(H,17,20). The molecule has 2 fully saturated rings. The van der Waals surface area contributed by atoms with Gasteiger partial charge in [-0.3, -0.25) is 4.57 Å². The molecule has 0 atom stereocenters. The van der Waals surface area contributed by atoms with Crippen LogP contribution in [-0.2, 0) is 6.54 Å². The van der Waals surface area contributed by atoms with Crippen LogP contribution in [0.5, 0.6) is 0 Å². The van der Waals surface area contributed by atoms with Crippen LogP contribution in [0.3, 0.4) is 0 Å². The van der Waals surface area contributed by atoms with Crippen LogP contribution in [-0.4, -0.2) is 20.8 Å². The van der Waals surface area contributed by atoms with Crippen LogP contribution in [0.2, 0.25) is 0 Å². The number of hydrogen-bond acceptors (Lipinski definition) is 4. The van der Waals surface area contributed by atoms with Crippen molar-refractivity contribution in [1.82, 2.24) is 20.1 Å². The summed E-state index contributed by atoms with van der Waals surface area (Å²) >= 11 is 1.55. The van der Waals surface area contributed by atoms with Crippen LogP contribution in [0, 0.1) is 0 Å². The maximum absolute atomic E-state index is 11.7. The summed E-state index contributed by atoms with van der Waals surface area (Å²) in [6.07, 6.45) is 4.79. The molecule has 4 rings (SSSR count). The number of nitrogens with zero attached hydrogens (tertiary/aromatic N) is 2. The molecule has 110 valence electrons. The normalized spacial score (nSPS) is 18.1. The number of aromatic amines is 1. The molecule has 0 amide bonds. The molecule has 1 aromatic heterocycles. The Balaban J connectivity index is 1.45. The van der Waals surface area contributed by atoms with E-state index in [1.165, 1.54) is 18.4 Å². The van der Waals surface area contributed by atoms with E-state index in [1.54, 1.807) is 16.3 Å². The van der Waals surface area contributed by atoms with Gasteiger partial charge in [-0.25, -0.2) is 9.89 Å². The lowest BCUT2D eigenvalue weighted by Gasteiger charge is -2.06. The smallest absolute Gasteiger partial charge is 0.310 e. The van der Waals surface area contributed by atoms with Crippen molar-refractivity contribution in [1.29, 1.82) is 0 Å². The lowest BCUT2D eigenvalue weighted by atomic mass is 10.2. The van der Waals surface area contributed by atoms with Crippen molar-refractivity contribution in [2.45, 2.75) is 54.4 Å². The number of nitrogens with one attached hydrogen (secondary N) is 2. The van der Waals surface area contributed by atoms with Crippen LogP contribution in [0.1, 0.15) is 37.3 Å². The number of benzene rings is 1. The highest BCUT2D eigenvalue weighted by atomic mass is 32.2. The van der Waals surface area contributed by atoms with Gasteiger partial charge in [0.25, 0.3) is 0 Å². The Morgan fingerprint density at radius 3 is 2.67 bits per heavy atom. The number of H-pyrrole nitrogens is 1. The van der Waals surface area contributed by atoms with Crippen molar-refractivity contribution in [3.05, 3.63) is 40.3 Å². The number of aromatic nitrogens is 3. The molecule has 2 aliphatic carbocycles. The summed E-state index contributed by atoms with van der Waals surface area (Å²) in [6, 6.07) is 9.57. The van der Waals surface area contributed by atoms with Gasteiger partial charge in [0, 0.05) is 23.5 Å². The van der Waals surface area contributed by atoms with E-state index >= 15 is 0 Å². The number of rotatable bonds is 6. The average Bonchev–Trinajstić information content (AvgIpc) is 3.40. The summed E-state index contributed by atoms with van der Waals surface area (Å²) in [7, 11) is 0. The van der Waals surface area contributed by atoms with Gasteiger partial charge in [-0.2, -0.15) is 0 Å². The van der Waals surface area contributed by atoms with Gasteiger partial charge in [-0.15, -0.1) is 5.10 Å². The highest BCUT2D eigenvalue weighted by molar-refractivity contribution is 7.99. The molecule has 0 spiro atoms. The molecule has 1 aromatic carbocycles. The summed E-state index contributed by atoms with van der Waals surface area (Å²) in [4.78, 5) is 12.9. The maximum Gasteiger partial charge on any atom is 0.344 e. The van der Waals surface area contributed by atoms with Crippen LogP contribution in [0.15, 0.2) is 39.1 Å². The summed E-state index contributed by atoms with van der Waals surface area (Å²) in [5.41, 5.74) is 1.21. The van der Waals surface area contributed by atoms with E-state index in [9.17, 15) is 4.79 Å². The van der Waals surface area contributed by atoms with Gasteiger partial charge < -0.3 is 5.32 Å². The van der Waals surface area contributed by atoms with Crippen molar-refractivity contribution < 1.29 is 0 Å².